The Morgan fingerprint density at radius 1 is 1.23 bits per heavy atom. The molecule has 1 aromatic carbocycles. The second-order valence-electron chi connectivity index (χ2n) is 8.67. The van der Waals surface area contributed by atoms with Crippen LogP contribution in [-0.2, 0) is 24.1 Å². The van der Waals surface area contributed by atoms with Crippen molar-refractivity contribution in [3.63, 3.8) is 0 Å². The normalized spacial score (nSPS) is 19.0. The lowest BCUT2D eigenvalue weighted by molar-refractivity contribution is 0.0950. The van der Waals surface area contributed by atoms with Gasteiger partial charge in [0.15, 0.2) is 0 Å². The van der Waals surface area contributed by atoms with Crippen LogP contribution in [0.15, 0.2) is 36.5 Å². The fraction of sp³-hybridized carbons (Fsp3) is 0.520. The molecule has 1 saturated heterocycles. The Balaban J connectivity index is 1.33. The number of amides is 1. The number of ether oxygens (including phenoxy) is 1. The fourth-order valence-corrected chi connectivity index (χ4v) is 4.56. The van der Waals surface area contributed by atoms with E-state index < -0.39 is 0 Å². The summed E-state index contributed by atoms with van der Waals surface area (Å²) in [6.45, 7) is 7.58. The molecule has 1 atom stereocenters. The Bertz CT molecular complexity index is 878. The second kappa shape index (κ2) is 10.2. The quantitative estimate of drug-likeness (QED) is 0.743. The number of nitrogens with zero attached hydrogens (tertiary/aromatic N) is 3. The molecule has 1 amide bonds. The molecule has 1 N–H and O–H groups in total. The highest BCUT2D eigenvalue weighted by molar-refractivity contribution is 5.94. The number of benzene rings is 1. The van der Waals surface area contributed by atoms with Crippen molar-refractivity contribution in [2.45, 2.75) is 45.2 Å². The molecule has 2 aliphatic rings. The van der Waals surface area contributed by atoms with Crippen molar-refractivity contribution in [2.75, 3.05) is 44.8 Å². The summed E-state index contributed by atoms with van der Waals surface area (Å²) in [6, 6.07) is 11.0. The Kier molecular flexibility index (Phi) is 7.20. The zero-order valence-electron chi connectivity index (χ0n) is 18.8. The number of fused-ring (bicyclic) bond motifs is 1. The van der Waals surface area contributed by atoms with Gasteiger partial charge in [0.05, 0.1) is 12.2 Å². The highest BCUT2D eigenvalue weighted by Crippen LogP contribution is 2.21. The molecule has 0 saturated carbocycles. The van der Waals surface area contributed by atoms with Gasteiger partial charge in [0, 0.05) is 52.1 Å². The largest absolute Gasteiger partial charge is 0.380 e. The molecule has 4 rings (SSSR count). The van der Waals surface area contributed by atoms with Gasteiger partial charge in [-0.1, -0.05) is 25.1 Å². The van der Waals surface area contributed by atoms with Crippen molar-refractivity contribution in [1.29, 1.82) is 0 Å². The van der Waals surface area contributed by atoms with Crippen LogP contribution in [0, 0.1) is 0 Å². The van der Waals surface area contributed by atoms with Crippen LogP contribution in [0.4, 0.5) is 5.82 Å². The maximum Gasteiger partial charge on any atom is 0.253 e. The van der Waals surface area contributed by atoms with Gasteiger partial charge in [-0.05, 0) is 54.5 Å². The van der Waals surface area contributed by atoms with Crippen molar-refractivity contribution in [2.24, 2.45) is 0 Å². The monoisotopic (exact) mass is 422 g/mol. The van der Waals surface area contributed by atoms with E-state index in [1.807, 2.05) is 19.2 Å². The average molecular weight is 423 g/mol. The molecule has 0 radical (unpaired) electrons. The van der Waals surface area contributed by atoms with Crippen molar-refractivity contribution in [3.8, 4) is 0 Å². The van der Waals surface area contributed by atoms with Gasteiger partial charge in [0.25, 0.3) is 5.91 Å². The van der Waals surface area contributed by atoms with E-state index in [1.165, 1.54) is 11.1 Å². The number of rotatable bonds is 7. The first-order valence-electron chi connectivity index (χ1n) is 11.5. The van der Waals surface area contributed by atoms with E-state index in [2.05, 4.69) is 45.2 Å². The van der Waals surface area contributed by atoms with Gasteiger partial charge < -0.3 is 15.0 Å². The van der Waals surface area contributed by atoms with Crippen molar-refractivity contribution in [1.82, 2.24) is 15.2 Å². The second-order valence-corrected chi connectivity index (χ2v) is 8.67. The van der Waals surface area contributed by atoms with Crippen LogP contribution in [0.5, 0.6) is 0 Å². The number of carbonyl (C=O) groups is 1. The average Bonchev–Trinajstić information content (AvgIpc) is 3.25. The van der Waals surface area contributed by atoms with Crippen molar-refractivity contribution >= 4 is 11.7 Å². The van der Waals surface area contributed by atoms with Gasteiger partial charge in [0.1, 0.15) is 5.82 Å². The van der Waals surface area contributed by atoms with E-state index in [-0.39, 0.29) is 5.91 Å². The molecule has 0 aliphatic carbocycles. The molecule has 1 aromatic heterocycles. The minimum Gasteiger partial charge on any atom is -0.380 e. The van der Waals surface area contributed by atoms with Gasteiger partial charge in [-0.15, -0.1) is 0 Å². The maximum absolute atomic E-state index is 12.6. The first kappa shape index (κ1) is 21.8. The number of aromatic nitrogens is 1. The number of nitrogens with one attached hydrogen (secondary N) is 1. The van der Waals surface area contributed by atoms with Gasteiger partial charge in [-0.3, -0.25) is 9.69 Å². The summed E-state index contributed by atoms with van der Waals surface area (Å²) in [5, 5.41) is 3.05. The summed E-state index contributed by atoms with van der Waals surface area (Å²) >= 11 is 0. The number of anilines is 1. The molecule has 1 unspecified atom stereocenters. The molecule has 2 aliphatic heterocycles. The standard InChI is InChI=1S/C25H34N4O2/c1-3-11-28(2)24-7-6-22(17-26-24)25(30)27-16-19-4-5-20-8-12-29(13-9-21(20)15-19)23-10-14-31-18-23/h4-7,15,17,23H,3,8-14,16,18H2,1-2H3,(H,27,30). The molecule has 0 bridgehead atoms. The summed E-state index contributed by atoms with van der Waals surface area (Å²) in [6.07, 6.45) is 6.02. The summed E-state index contributed by atoms with van der Waals surface area (Å²) in [7, 11) is 2.02. The van der Waals surface area contributed by atoms with Gasteiger partial charge >= 0.3 is 0 Å². The predicted molar refractivity (Wildman–Crippen MR) is 124 cm³/mol. The minimum absolute atomic E-state index is 0.0838. The fourth-order valence-electron chi connectivity index (χ4n) is 4.56. The van der Waals surface area contributed by atoms with Gasteiger partial charge in [0.2, 0.25) is 0 Å². The molecule has 6 nitrogen and oxygen atoms in total. The zero-order valence-corrected chi connectivity index (χ0v) is 18.8. The lowest BCUT2D eigenvalue weighted by Crippen LogP contribution is -2.37. The minimum atomic E-state index is -0.0838. The van der Waals surface area contributed by atoms with Crippen LogP contribution >= 0.6 is 0 Å². The van der Waals surface area contributed by atoms with Crippen LogP contribution < -0.4 is 10.2 Å². The van der Waals surface area contributed by atoms with E-state index in [1.54, 1.807) is 6.20 Å². The highest BCUT2D eigenvalue weighted by Gasteiger charge is 2.25. The van der Waals surface area contributed by atoms with Crippen LogP contribution in [0.25, 0.3) is 0 Å². The number of hydrogen-bond acceptors (Lipinski definition) is 5. The zero-order chi connectivity index (χ0) is 21.6. The molecule has 166 valence electrons. The van der Waals surface area contributed by atoms with Gasteiger partial charge in [-0.25, -0.2) is 4.98 Å². The third kappa shape index (κ3) is 5.43. The lowest BCUT2D eigenvalue weighted by Gasteiger charge is -2.25. The molecule has 2 aromatic rings. The SMILES string of the molecule is CCCN(C)c1ccc(C(=O)NCc2ccc3c(c2)CCN(C2CCOC2)CC3)cn1. The summed E-state index contributed by atoms with van der Waals surface area (Å²) in [5.74, 6) is 0.807. The lowest BCUT2D eigenvalue weighted by atomic mass is 10.00. The Hall–Kier alpha value is -2.44. The van der Waals surface area contributed by atoms with E-state index >= 15 is 0 Å². The molecule has 0 spiro atoms. The smallest absolute Gasteiger partial charge is 0.253 e. The molecule has 31 heavy (non-hydrogen) atoms. The molecule has 6 heteroatoms. The Morgan fingerprint density at radius 3 is 2.77 bits per heavy atom. The first-order chi connectivity index (χ1) is 15.1. The summed E-state index contributed by atoms with van der Waals surface area (Å²) in [5.41, 5.74) is 4.60. The van der Waals surface area contributed by atoms with Crippen LogP contribution in [0.1, 0.15) is 46.8 Å². The third-order valence-corrected chi connectivity index (χ3v) is 6.44. The van der Waals surface area contributed by atoms with Crippen molar-refractivity contribution in [3.05, 3.63) is 58.8 Å². The van der Waals surface area contributed by atoms with Crippen LogP contribution in [-0.4, -0.2) is 61.7 Å². The number of carbonyl (C=O) groups excluding carboxylic acids is 1. The Labute approximate surface area is 185 Å². The summed E-state index contributed by atoms with van der Waals surface area (Å²) < 4.78 is 5.58. The molecule has 3 heterocycles. The topological polar surface area (TPSA) is 57.7 Å². The van der Waals surface area contributed by atoms with Crippen LogP contribution in [0.3, 0.4) is 0 Å². The third-order valence-electron chi connectivity index (χ3n) is 6.44. The van der Waals surface area contributed by atoms with Crippen LogP contribution in [0.2, 0.25) is 0 Å². The molecular formula is C25H34N4O2. The molecule has 1 fully saturated rings. The Morgan fingerprint density at radius 2 is 2.06 bits per heavy atom. The van der Waals surface area contributed by atoms with E-state index in [0.29, 0.717) is 18.2 Å². The number of pyridine rings is 1. The predicted octanol–water partition coefficient (Wildman–Crippen LogP) is 3.05. The highest BCUT2D eigenvalue weighted by atomic mass is 16.5. The first-order valence-corrected chi connectivity index (χ1v) is 11.5. The summed E-state index contributed by atoms with van der Waals surface area (Å²) in [4.78, 5) is 21.7. The van der Waals surface area contributed by atoms with E-state index in [9.17, 15) is 4.79 Å². The van der Waals surface area contributed by atoms with Crippen molar-refractivity contribution < 1.29 is 9.53 Å². The molecular weight excluding hydrogens is 388 g/mol. The van der Waals surface area contributed by atoms with E-state index in [4.69, 9.17) is 4.74 Å². The number of hydrogen-bond donors (Lipinski definition) is 1. The van der Waals surface area contributed by atoms with E-state index in [0.717, 1.165) is 69.9 Å². The maximum atomic E-state index is 12.6. The van der Waals surface area contributed by atoms with Gasteiger partial charge in [-0.2, -0.15) is 0 Å².